The van der Waals surface area contributed by atoms with E-state index in [1.807, 2.05) is 0 Å². The zero-order valence-electron chi connectivity index (χ0n) is 11.8. The Morgan fingerprint density at radius 2 is 2.13 bits per heavy atom. The van der Waals surface area contributed by atoms with Crippen molar-refractivity contribution in [3.05, 3.63) is 42.4 Å². The summed E-state index contributed by atoms with van der Waals surface area (Å²) in [6, 6.07) is 4.40. The van der Waals surface area contributed by atoms with Crippen LogP contribution in [0.3, 0.4) is 0 Å². The summed E-state index contributed by atoms with van der Waals surface area (Å²) < 4.78 is 43.4. The summed E-state index contributed by atoms with van der Waals surface area (Å²) in [5.74, 6) is -0.735. The zero-order valence-corrected chi connectivity index (χ0v) is 11.8. The maximum atomic E-state index is 12.8. The van der Waals surface area contributed by atoms with Crippen molar-refractivity contribution in [2.75, 3.05) is 6.61 Å². The van der Waals surface area contributed by atoms with Crippen LogP contribution >= 0.6 is 0 Å². The summed E-state index contributed by atoms with van der Waals surface area (Å²) >= 11 is 0. The van der Waals surface area contributed by atoms with Gasteiger partial charge in [-0.2, -0.15) is 13.2 Å². The molecule has 0 spiro atoms. The largest absolute Gasteiger partial charge is 0.476 e. The van der Waals surface area contributed by atoms with Crippen LogP contribution in [0.5, 0.6) is 5.88 Å². The standard InChI is InChI=1S/C14H12F3N3O3/c15-14(16,17)13(4-5-13)9-22-11-3-7-20(19-11)23-12(21)10-2-1-6-18-8-10/h1-3,6-8H,4-5,9H2. The van der Waals surface area contributed by atoms with Gasteiger partial charge in [0, 0.05) is 18.5 Å². The molecular weight excluding hydrogens is 315 g/mol. The minimum atomic E-state index is -4.29. The van der Waals surface area contributed by atoms with E-state index in [1.165, 1.54) is 30.7 Å². The summed E-state index contributed by atoms with van der Waals surface area (Å²) in [5, 5.41) is 3.75. The van der Waals surface area contributed by atoms with E-state index in [1.54, 1.807) is 6.07 Å². The Morgan fingerprint density at radius 1 is 1.35 bits per heavy atom. The molecule has 1 aliphatic carbocycles. The molecule has 23 heavy (non-hydrogen) atoms. The minimum Gasteiger partial charge on any atom is -0.476 e. The number of hydrogen-bond acceptors (Lipinski definition) is 5. The van der Waals surface area contributed by atoms with Crippen molar-refractivity contribution in [3.63, 3.8) is 0 Å². The van der Waals surface area contributed by atoms with Gasteiger partial charge in [-0.25, -0.2) is 4.79 Å². The maximum absolute atomic E-state index is 12.8. The molecule has 6 nitrogen and oxygen atoms in total. The molecule has 0 aliphatic heterocycles. The quantitative estimate of drug-likeness (QED) is 0.843. The fraction of sp³-hybridized carbons (Fsp3) is 0.357. The smallest absolute Gasteiger partial charge is 0.397 e. The molecule has 2 aromatic rings. The van der Waals surface area contributed by atoms with Gasteiger partial charge in [0.15, 0.2) is 0 Å². The number of ether oxygens (including phenoxy) is 1. The Morgan fingerprint density at radius 3 is 2.74 bits per heavy atom. The lowest BCUT2D eigenvalue weighted by Gasteiger charge is -2.18. The van der Waals surface area contributed by atoms with E-state index in [0.29, 0.717) is 0 Å². The molecule has 0 unspecified atom stereocenters. The molecule has 0 aromatic carbocycles. The van der Waals surface area contributed by atoms with E-state index >= 15 is 0 Å². The monoisotopic (exact) mass is 327 g/mol. The normalized spacial score (nSPS) is 16.0. The molecule has 0 radical (unpaired) electrons. The van der Waals surface area contributed by atoms with Crippen molar-refractivity contribution in [1.82, 2.24) is 14.9 Å². The number of nitrogens with zero attached hydrogens (tertiary/aromatic N) is 3. The second-order valence-corrected chi connectivity index (χ2v) is 5.24. The summed E-state index contributed by atoms with van der Waals surface area (Å²) in [6.07, 6.45) is -0.0894. The van der Waals surface area contributed by atoms with Gasteiger partial charge < -0.3 is 9.57 Å². The Kier molecular flexibility index (Phi) is 3.70. The molecule has 2 aromatic heterocycles. The zero-order chi connectivity index (χ0) is 16.5. The molecule has 2 heterocycles. The van der Waals surface area contributed by atoms with Crippen LogP contribution < -0.4 is 9.57 Å². The summed E-state index contributed by atoms with van der Waals surface area (Å²) in [5.41, 5.74) is -1.55. The van der Waals surface area contributed by atoms with Crippen molar-refractivity contribution in [2.24, 2.45) is 5.41 Å². The molecule has 0 bridgehead atoms. The first-order valence-electron chi connectivity index (χ1n) is 6.78. The van der Waals surface area contributed by atoms with Gasteiger partial charge in [0.2, 0.25) is 5.88 Å². The van der Waals surface area contributed by atoms with Gasteiger partial charge in [0.05, 0.1) is 11.8 Å². The van der Waals surface area contributed by atoms with Gasteiger partial charge in [-0.15, -0.1) is 0 Å². The van der Waals surface area contributed by atoms with Crippen LogP contribution in [-0.2, 0) is 0 Å². The summed E-state index contributed by atoms with van der Waals surface area (Å²) in [4.78, 5) is 21.3. The van der Waals surface area contributed by atoms with Crippen molar-refractivity contribution in [3.8, 4) is 5.88 Å². The molecule has 0 amide bonds. The Balaban J connectivity index is 1.58. The Labute approximate surface area is 128 Å². The fourth-order valence-corrected chi connectivity index (χ4v) is 1.91. The van der Waals surface area contributed by atoms with Gasteiger partial charge in [0.1, 0.15) is 12.0 Å². The number of carbonyl (C=O) groups excluding carboxylic acids is 1. The highest BCUT2D eigenvalue weighted by molar-refractivity contribution is 5.89. The van der Waals surface area contributed by atoms with E-state index < -0.39 is 24.2 Å². The third-order valence-corrected chi connectivity index (χ3v) is 3.57. The van der Waals surface area contributed by atoms with Gasteiger partial charge in [-0.05, 0) is 25.0 Å². The molecule has 0 atom stereocenters. The lowest BCUT2D eigenvalue weighted by Crippen LogP contribution is -2.30. The summed E-state index contributed by atoms with van der Waals surface area (Å²) in [6.45, 7) is -0.496. The number of alkyl halides is 3. The molecule has 9 heteroatoms. The summed E-state index contributed by atoms with van der Waals surface area (Å²) in [7, 11) is 0. The predicted molar refractivity (Wildman–Crippen MR) is 70.6 cm³/mol. The number of carbonyl (C=O) groups is 1. The van der Waals surface area contributed by atoms with Gasteiger partial charge in [0.25, 0.3) is 0 Å². The molecule has 1 aliphatic rings. The molecule has 122 valence electrons. The van der Waals surface area contributed by atoms with E-state index in [2.05, 4.69) is 10.1 Å². The van der Waals surface area contributed by atoms with Crippen LogP contribution in [0.25, 0.3) is 0 Å². The predicted octanol–water partition coefficient (Wildman–Crippen LogP) is 2.27. The van der Waals surface area contributed by atoms with Gasteiger partial charge in [-0.1, -0.05) is 9.94 Å². The number of pyridine rings is 1. The second kappa shape index (κ2) is 5.56. The highest BCUT2D eigenvalue weighted by Crippen LogP contribution is 2.57. The third-order valence-electron chi connectivity index (χ3n) is 3.57. The average molecular weight is 327 g/mol. The van der Waals surface area contributed by atoms with Crippen molar-refractivity contribution >= 4 is 5.97 Å². The van der Waals surface area contributed by atoms with E-state index in [-0.39, 0.29) is 24.3 Å². The Bertz CT molecular complexity index is 696. The van der Waals surface area contributed by atoms with Crippen LogP contribution in [0.1, 0.15) is 23.2 Å². The van der Waals surface area contributed by atoms with Crippen LogP contribution in [-0.4, -0.2) is 33.7 Å². The van der Waals surface area contributed by atoms with Crippen LogP contribution in [0.2, 0.25) is 0 Å². The average Bonchev–Trinajstić information content (AvgIpc) is 3.21. The number of hydrogen-bond donors (Lipinski definition) is 0. The highest BCUT2D eigenvalue weighted by atomic mass is 19.4. The van der Waals surface area contributed by atoms with E-state index in [4.69, 9.17) is 9.57 Å². The van der Waals surface area contributed by atoms with Gasteiger partial charge in [-0.3, -0.25) is 4.98 Å². The number of halogens is 3. The molecule has 1 saturated carbocycles. The number of aromatic nitrogens is 3. The minimum absolute atomic E-state index is 0.0421. The highest BCUT2D eigenvalue weighted by Gasteiger charge is 2.63. The maximum Gasteiger partial charge on any atom is 0.397 e. The first-order chi connectivity index (χ1) is 10.9. The SMILES string of the molecule is O=C(On1ccc(OCC2(C(F)(F)F)CC2)n1)c1cccnc1. The topological polar surface area (TPSA) is 66.2 Å². The Hall–Kier alpha value is -2.58. The molecule has 3 rings (SSSR count). The van der Waals surface area contributed by atoms with Crippen LogP contribution in [0, 0.1) is 5.41 Å². The molecule has 1 fully saturated rings. The van der Waals surface area contributed by atoms with Crippen molar-refractivity contribution < 1.29 is 27.5 Å². The second-order valence-electron chi connectivity index (χ2n) is 5.24. The number of rotatable bonds is 5. The van der Waals surface area contributed by atoms with E-state index in [9.17, 15) is 18.0 Å². The van der Waals surface area contributed by atoms with E-state index in [0.717, 1.165) is 4.85 Å². The molecular formula is C14H12F3N3O3. The van der Waals surface area contributed by atoms with Crippen LogP contribution in [0.15, 0.2) is 36.8 Å². The van der Waals surface area contributed by atoms with Crippen molar-refractivity contribution in [2.45, 2.75) is 19.0 Å². The van der Waals surface area contributed by atoms with Crippen molar-refractivity contribution in [1.29, 1.82) is 0 Å². The molecule has 0 N–H and O–H groups in total. The van der Waals surface area contributed by atoms with Gasteiger partial charge >= 0.3 is 12.1 Å². The lowest BCUT2D eigenvalue weighted by atomic mass is 10.1. The first kappa shape index (κ1) is 15.3. The van der Waals surface area contributed by atoms with Crippen LogP contribution in [0.4, 0.5) is 13.2 Å². The fourth-order valence-electron chi connectivity index (χ4n) is 1.91. The first-order valence-corrected chi connectivity index (χ1v) is 6.78. The molecule has 0 saturated heterocycles. The lowest BCUT2D eigenvalue weighted by molar-refractivity contribution is -0.194. The third kappa shape index (κ3) is 3.27.